The zero-order valence-corrected chi connectivity index (χ0v) is 13.6. The van der Waals surface area contributed by atoms with Gasteiger partial charge in [-0.1, -0.05) is 36.0 Å². The van der Waals surface area contributed by atoms with Gasteiger partial charge in [0.2, 0.25) is 5.91 Å². The Morgan fingerprint density at radius 2 is 2.00 bits per heavy atom. The van der Waals surface area contributed by atoms with Crippen LogP contribution in [-0.4, -0.2) is 38.4 Å². The molecule has 1 aromatic carbocycles. The number of carbonyl (C=O) groups is 1. The van der Waals surface area contributed by atoms with E-state index in [-0.39, 0.29) is 5.91 Å². The summed E-state index contributed by atoms with van der Waals surface area (Å²) in [6.45, 7) is 4.58. The van der Waals surface area contributed by atoms with Crippen molar-refractivity contribution >= 4 is 17.7 Å². The molecule has 2 rings (SSSR count). The number of aryl methyl sites for hydroxylation is 2. The number of carbonyl (C=O) groups excluding carboxylic acids is 1. The molecule has 0 unspecified atom stereocenters. The van der Waals surface area contributed by atoms with Crippen LogP contribution in [-0.2, 0) is 18.4 Å². The number of hydrogen-bond acceptors (Lipinski definition) is 4. The van der Waals surface area contributed by atoms with Crippen LogP contribution in [0, 0.1) is 13.8 Å². The Morgan fingerprint density at radius 1 is 1.29 bits per heavy atom. The molecule has 0 fully saturated rings. The second-order valence-electron chi connectivity index (χ2n) is 5.05. The van der Waals surface area contributed by atoms with E-state index in [1.165, 1.54) is 22.9 Å². The van der Waals surface area contributed by atoms with Gasteiger partial charge in [0.15, 0.2) is 5.16 Å². The first-order valence-electron chi connectivity index (χ1n) is 6.76. The van der Waals surface area contributed by atoms with Crippen LogP contribution in [0.5, 0.6) is 0 Å². The van der Waals surface area contributed by atoms with Crippen LogP contribution in [0.1, 0.15) is 17.0 Å². The number of amides is 1. The van der Waals surface area contributed by atoms with E-state index in [1.807, 2.05) is 37.7 Å². The maximum atomic E-state index is 12.2. The molecule has 1 aromatic heterocycles. The van der Waals surface area contributed by atoms with E-state index in [9.17, 15) is 4.79 Å². The molecule has 0 aliphatic rings. The molecule has 0 radical (unpaired) electrons. The minimum Gasteiger partial charge on any atom is -0.341 e. The fourth-order valence-corrected chi connectivity index (χ4v) is 2.78. The summed E-state index contributed by atoms with van der Waals surface area (Å²) < 4.78 is 1.89. The Balaban J connectivity index is 1.91. The van der Waals surface area contributed by atoms with E-state index in [4.69, 9.17) is 0 Å². The predicted molar refractivity (Wildman–Crippen MR) is 84.1 cm³/mol. The number of nitrogens with zero attached hydrogens (tertiary/aromatic N) is 4. The van der Waals surface area contributed by atoms with Gasteiger partial charge in [-0.05, 0) is 25.0 Å². The molecule has 6 heteroatoms. The molecule has 0 N–H and O–H groups in total. The summed E-state index contributed by atoms with van der Waals surface area (Å²) in [5.74, 6) is 1.30. The SMILES string of the molecule is Cc1ccccc1CN(C)C(=O)CSc1nnc(C)n1C. The molecule has 0 saturated carbocycles. The van der Waals surface area contributed by atoms with Crippen molar-refractivity contribution in [2.45, 2.75) is 25.5 Å². The van der Waals surface area contributed by atoms with Gasteiger partial charge in [0, 0.05) is 20.6 Å². The Kier molecular flexibility index (Phi) is 5.01. The Hall–Kier alpha value is -1.82. The van der Waals surface area contributed by atoms with Gasteiger partial charge < -0.3 is 9.47 Å². The van der Waals surface area contributed by atoms with Crippen molar-refractivity contribution < 1.29 is 4.79 Å². The maximum Gasteiger partial charge on any atom is 0.233 e. The van der Waals surface area contributed by atoms with Gasteiger partial charge in [-0.15, -0.1) is 10.2 Å². The Morgan fingerprint density at radius 3 is 2.62 bits per heavy atom. The summed E-state index contributed by atoms with van der Waals surface area (Å²) in [6.07, 6.45) is 0. The second kappa shape index (κ2) is 6.76. The first-order chi connectivity index (χ1) is 9.99. The zero-order valence-electron chi connectivity index (χ0n) is 12.8. The molecule has 2 aromatic rings. The Labute approximate surface area is 129 Å². The average molecular weight is 304 g/mol. The molecule has 0 saturated heterocycles. The number of benzene rings is 1. The fourth-order valence-electron chi connectivity index (χ4n) is 1.88. The van der Waals surface area contributed by atoms with Crippen LogP contribution in [0.2, 0.25) is 0 Å². The summed E-state index contributed by atoms with van der Waals surface area (Å²) in [5.41, 5.74) is 2.38. The van der Waals surface area contributed by atoms with Gasteiger partial charge >= 0.3 is 0 Å². The summed E-state index contributed by atoms with van der Waals surface area (Å²) in [5, 5.41) is 8.80. The number of thioether (sulfide) groups is 1. The van der Waals surface area contributed by atoms with Crippen LogP contribution in [0.15, 0.2) is 29.4 Å². The molecule has 0 bridgehead atoms. The number of aromatic nitrogens is 3. The largest absolute Gasteiger partial charge is 0.341 e. The molecular formula is C15H20N4OS. The molecule has 0 aliphatic heterocycles. The first-order valence-corrected chi connectivity index (χ1v) is 7.75. The van der Waals surface area contributed by atoms with Crippen LogP contribution >= 0.6 is 11.8 Å². The van der Waals surface area contributed by atoms with Crippen molar-refractivity contribution in [3.05, 3.63) is 41.2 Å². The van der Waals surface area contributed by atoms with Gasteiger partial charge in [0.1, 0.15) is 5.82 Å². The smallest absolute Gasteiger partial charge is 0.233 e. The topological polar surface area (TPSA) is 51.0 Å². The van der Waals surface area contributed by atoms with E-state index < -0.39 is 0 Å². The fraction of sp³-hybridized carbons (Fsp3) is 0.400. The third kappa shape index (κ3) is 3.85. The van der Waals surface area contributed by atoms with Crippen molar-refractivity contribution in [3.8, 4) is 0 Å². The molecule has 0 spiro atoms. The van der Waals surface area contributed by atoms with E-state index >= 15 is 0 Å². The normalized spacial score (nSPS) is 10.7. The van der Waals surface area contributed by atoms with Crippen LogP contribution < -0.4 is 0 Å². The van der Waals surface area contributed by atoms with Gasteiger partial charge in [0.05, 0.1) is 5.75 Å². The Bertz CT molecular complexity index is 638. The van der Waals surface area contributed by atoms with Gasteiger partial charge in [0.25, 0.3) is 0 Å². The maximum absolute atomic E-state index is 12.2. The molecule has 1 amide bonds. The van der Waals surface area contributed by atoms with Crippen LogP contribution in [0.4, 0.5) is 0 Å². The summed E-state index contributed by atoms with van der Waals surface area (Å²) >= 11 is 1.42. The molecule has 112 valence electrons. The van der Waals surface area contributed by atoms with Crippen molar-refractivity contribution in [1.82, 2.24) is 19.7 Å². The van der Waals surface area contributed by atoms with Gasteiger partial charge in [-0.25, -0.2) is 0 Å². The lowest BCUT2D eigenvalue weighted by Gasteiger charge is -2.18. The standard InChI is InChI=1S/C15H20N4OS/c1-11-7-5-6-8-13(11)9-18(3)14(20)10-21-15-17-16-12(2)19(15)4/h5-8H,9-10H2,1-4H3. The quantitative estimate of drug-likeness (QED) is 0.795. The average Bonchev–Trinajstić information content (AvgIpc) is 2.78. The monoisotopic (exact) mass is 304 g/mol. The van der Waals surface area contributed by atoms with E-state index in [1.54, 1.807) is 4.90 Å². The summed E-state index contributed by atoms with van der Waals surface area (Å²) in [7, 11) is 3.73. The van der Waals surface area contributed by atoms with Crippen LogP contribution in [0.3, 0.4) is 0 Å². The summed E-state index contributed by atoms with van der Waals surface area (Å²) in [6, 6.07) is 8.12. The molecular weight excluding hydrogens is 284 g/mol. The van der Waals surface area contributed by atoms with Crippen molar-refractivity contribution in [2.75, 3.05) is 12.8 Å². The van der Waals surface area contributed by atoms with Gasteiger partial charge in [-0.2, -0.15) is 0 Å². The molecule has 0 aliphatic carbocycles. The highest BCUT2D eigenvalue weighted by atomic mass is 32.2. The molecule has 5 nitrogen and oxygen atoms in total. The number of rotatable bonds is 5. The lowest BCUT2D eigenvalue weighted by atomic mass is 10.1. The van der Waals surface area contributed by atoms with E-state index in [0.29, 0.717) is 12.3 Å². The molecule has 1 heterocycles. The van der Waals surface area contributed by atoms with Crippen LogP contribution in [0.25, 0.3) is 0 Å². The second-order valence-corrected chi connectivity index (χ2v) is 6.00. The van der Waals surface area contributed by atoms with Crippen molar-refractivity contribution in [3.63, 3.8) is 0 Å². The lowest BCUT2D eigenvalue weighted by molar-refractivity contribution is -0.127. The highest BCUT2D eigenvalue weighted by Crippen LogP contribution is 2.16. The van der Waals surface area contributed by atoms with Gasteiger partial charge in [-0.3, -0.25) is 4.79 Å². The lowest BCUT2D eigenvalue weighted by Crippen LogP contribution is -2.28. The zero-order chi connectivity index (χ0) is 15.4. The highest BCUT2D eigenvalue weighted by molar-refractivity contribution is 7.99. The minimum atomic E-state index is 0.0870. The number of hydrogen-bond donors (Lipinski definition) is 0. The van der Waals surface area contributed by atoms with E-state index in [0.717, 1.165) is 11.0 Å². The van der Waals surface area contributed by atoms with Crippen molar-refractivity contribution in [1.29, 1.82) is 0 Å². The third-order valence-electron chi connectivity index (χ3n) is 3.47. The van der Waals surface area contributed by atoms with E-state index in [2.05, 4.69) is 29.3 Å². The molecule has 21 heavy (non-hydrogen) atoms. The predicted octanol–water partition coefficient (Wildman–Crippen LogP) is 2.18. The van der Waals surface area contributed by atoms with Crippen molar-refractivity contribution in [2.24, 2.45) is 7.05 Å². The molecule has 0 atom stereocenters. The minimum absolute atomic E-state index is 0.0870. The summed E-state index contributed by atoms with van der Waals surface area (Å²) in [4.78, 5) is 13.9. The highest BCUT2D eigenvalue weighted by Gasteiger charge is 2.13. The third-order valence-corrected chi connectivity index (χ3v) is 4.48. The first kappa shape index (κ1) is 15.6.